The minimum absolute atomic E-state index is 0.0425. The number of rotatable bonds is 3. The van der Waals surface area contributed by atoms with Crippen LogP contribution in [0.1, 0.15) is 12.8 Å². The molecular weight excluding hydrogens is 375 g/mol. The number of carbonyl (C=O) groups is 1. The van der Waals surface area contributed by atoms with Crippen molar-refractivity contribution < 1.29 is 17.9 Å². The van der Waals surface area contributed by atoms with Crippen LogP contribution >= 0.6 is 23.2 Å². The van der Waals surface area contributed by atoms with Gasteiger partial charge in [-0.1, -0.05) is 23.2 Å². The van der Waals surface area contributed by atoms with Crippen LogP contribution in [0.15, 0.2) is 23.1 Å². The predicted molar refractivity (Wildman–Crippen MR) is 90.8 cm³/mol. The van der Waals surface area contributed by atoms with Crippen molar-refractivity contribution in [1.82, 2.24) is 9.21 Å². The lowest BCUT2D eigenvalue weighted by Gasteiger charge is -2.35. The van der Waals surface area contributed by atoms with Crippen molar-refractivity contribution in [1.29, 1.82) is 0 Å². The number of piperazine rings is 1. The zero-order valence-electron chi connectivity index (χ0n) is 13.0. The van der Waals surface area contributed by atoms with E-state index in [2.05, 4.69) is 0 Å². The third-order valence-electron chi connectivity index (χ3n) is 4.28. The number of hydrogen-bond donors (Lipinski definition) is 0. The Hall–Kier alpha value is -0.860. The van der Waals surface area contributed by atoms with Crippen molar-refractivity contribution in [3.63, 3.8) is 0 Å². The Morgan fingerprint density at radius 3 is 2.42 bits per heavy atom. The SMILES string of the molecule is O=C([C@@H]1CCCO1)N1CCN(S(=O)(=O)c2ccc(Cl)c(Cl)c2)CC1. The zero-order chi connectivity index (χ0) is 17.3. The van der Waals surface area contributed by atoms with E-state index in [0.29, 0.717) is 24.7 Å². The Morgan fingerprint density at radius 1 is 1.12 bits per heavy atom. The summed E-state index contributed by atoms with van der Waals surface area (Å²) in [5, 5.41) is 0.507. The van der Waals surface area contributed by atoms with Crippen LogP contribution in [-0.2, 0) is 19.6 Å². The number of ether oxygens (including phenoxy) is 1. The molecule has 2 heterocycles. The Labute approximate surface area is 151 Å². The summed E-state index contributed by atoms with van der Waals surface area (Å²) in [6, 6.07) is 4.25. The summed E-state index contributed by atoms with van der Waals surface area (Å²) < 4.78 is 32.1. The molecule has 24 heavy (non-hydrogen) atoms. The van der Waals surface area contributed by atoms with Crippen LogP contribution in [0.2, 0.25) is 10.0 Å². The third kappa shape index (κ3) is 3.55. The van der Waals surface area contributed by atoms with Crippen LogP contribution in [0.25, 0.3) is 0 Å². The molecule has 2 saturated heterocycles. The molecule has 1 aromatic rings. The summed E-state index contributed by atoms with van der Waals surface area (Å²) in [5.74, 6) is -0.0425. The van der Waals surface area contributed by atoms with Crippen LogP contribution in [0, 0.1) is 0 Å². The monoisotopic (exact) mass is 392 g/mol. The lowest BCUT2D eigenvalue weighted by Crippen LogP contribution is -2.52. The average molecular weight is 393 g/mol. The number of carbonyl (C=O) groups excluding carboxylic acids is 1. The summed E-state index contributed by atoms with van der Waals surface area (Å²) in [7, 11) is -3.65. The van der Waals surface area contributed by atoms with E-state index in [1.165, 1.54) is 22.5 Å². The number of nitrogens with zero attached hydrogens (tertiary/aromatic N) is 2. The largest absolute Gasteiger partial charge is 0.368 e. The summed E-state index contributed by atoms with van der Waals surface area (Å²) in [5.41, 5.74) is 0. The average Bonchev–Trinajstić information content (AvgIpc) is 3.11. The molecular formula is C15H18Cl2N2O4S. The van der Waals surface area contributed by atoms with Crippen molar-refractivity contribution in [3.8, 4) is 0 Å². The van der Waals surface area contributed by atoms with Gasteiger partial charge in [-0.2, -0.15) is 4.31 Å². The third-order valence-corrected chi connectivity index (χ3v) is 6.92. The van der Waals surface area contributed by atoms with Gasteiger partial charge in [-0.3, -0.25) is 4.79 Å². The number of amides is 1. The maximum absolute atomic E-state index is 12.7. The fraction of sp³-hybridized carbons (Fsp3) is 0.533. The standard InChI is InChI=1S/C15H18Cl2N2O4S/c16-12-4-3-11(10-13(12)17)24(21,22)19-7-5-18(6-8-19)15(20)14-2-1-9-23-14/h3-4,10,14H,1-2,5-9H2/t14-/m0/s1. The molecule has 2 aliphatic rings. The molecule has 2 fully saturated rings. The number of hydrogen-bond acceptors (Lipinski definition) is 4. The molecule has 1 amide bonds. The van der Waals surface area contributed by atoms with Crippen molar-refractivity contribution in [2.75, 3.05) is 32.8 Å². The topological polar surface area (TPSA) is 66.9 Å². The highest BCUT2D eigenvalue weighted by Gasteiger charge is 2.34. The zero-order valence-corrected chi connectivity index (χ0v) is 15.3. The van der Waals surface area contributed by atoms with Crippen LogP contribution in [0.5, 0.6) is 0 Å². The normalized spacial score (nSPS) is 22.8. The quantitative estimate of drug-likeness (QED) is 0.788. The van der Waals surface area contributed by atoms with Crippen molar-refractivity contribution >= 4 is 39.1 Å². The molecule has 6 nitrogen and oxygen atoms in total. The molecule has 0 unspecified atom stereocenters. The van der Waals surface area contributed by atoms with Gasteiger partial charge in [-0.25, -0.2) is 8.42 Å². The Balaban J connectivity index is 1.67. The highest BCUT2D eigenvalue weighted by Crippen LogP contribution is 2.27. The van der Waals surface area contributed by atoms with E-state index in [1.54, 1.807) is 4.90 Å². The van der Waals surface area contributed by atoms with Crippen molar-refractivity contribution in [3.05, 3.63) is 28.2 Å². The number of benzene rings is 1. The minimum atomic E-state index is -3.65. The molecule has 2 aliphatic heterocycles. The summed E-state index contributed by atoms with van der Waals surface area (Å²) in [6.07, 6.45) is 1.26. The molecule has 0 N–H and O–H groups in total. The molecule has 3 rings (SSSR count). The molecule has 0 spiro atoms. The van der Waals surface area contributed by atoms with E-state index in [4.69, 9.17) is 27.9 Å². The molecule has 1 aromatic carbocycles. The van der Waals surface area contributed by atoms with E-state index in [9.17, 15) is 13.2 Å². The molecule has 0 radical (unpaired) electrons. The maximum Gasteiger partial charge on any atom is 0.251 e. The predicted octanol–water partition coefficient (Wildman–Crippen LogP) is 2.01. The molecule has 0 aliphatic carbocycles. The molecule has 0 aromatic heterocycles. The van der Waals surface area contributed by atoms with E-state index >= 15 is 0 Å². The first-order valence-corrected chi connectivity index (χ1v) is 9.95. The van der Waals surface area contributed by atoms with Crippen molar-refractivity contribution in [2.45, 2.75) is 23.8 Å². The Bertz CT molecular complexity index is 727. The van der Waals surface area contributed by atoms with Gasteiger partial charge in [-0.05, 0) is 31.0 Å². The summed E-state index contributed by atoms with van der Waals surface area (Å²) >= 11 is 11.8. The van der Waals surface area contributed by atoms with Gasteiger partial charge in [0.2, 0.25) is 10.0 Å². The second-order valence-corrected chi connectivity index (χ2v) is 8.56. The van der Waals surface area contributed by atoms with E-state index in [-0.39, 0.29) is 35.0 Å². The lowest BCUT2D eigenvalue weighted by atomic mass is 10.2. The molecule has 0 saturated carbocycles. The molecule has 1 atom stereocenters. The number of halogens is 2. The second-order valence-electron chi connectivity index (χ2n) is 5.81. The molecule has 9 heteroatoms. The van der Waals surface area contributed by atoms with Crippen LogP contribution in [-0.4, -0.2) is 62.4 Å². The maximum atomic E-state index is 12.7. The minimum Gasteiger partial charge on any atom is -0.368 e. The van der Waals surface area contributed by atoms with Crippen LogP contribution < -0.4 is 0 Å². The number of sulfonamides is 1. The first-order valence-electron chi connectivity index (χ1n) is 7.75. The first kappa shape index (κ1) is 17.9. The smallest absolute Gasteiger partial charge is 0.251 e. The molecule has 132 valence electrons. The Kier molecular flexibility index (Phi) is 5.36. The van der Waals surface area contributed by atoms with Gasteiger partial charge in [0.25, 0.3) is 5.91 Å². The van der Waals surface area contributed by atoms with E-state index < -0.39 is 10.0 Å². The fourth-order valence-corrected chi connectivity index (χ4v) is 4.72. The van der Waals surface area contributed by atoms with Gasteiger partial charge in [0.1, 0.15) is 6.10 Å². The fourth-order valence-electron chi connectivity index (χ4n) is 2.91. The second kappa shape index (κ2) is 7.17. The van der Waals surface area contributed by atoms with Crippen molar-refractivity contribution in [2.24, 2.45) is 0 Å². The van der Waals surface area contributed by atoms with E-state index in [0.717, 1.165) is 12.8 Å². The van der Waals surface area contributed by atoms with Gasteiger partial charge in [-0.15, -0.1) is 0 Å². The summed E-state index contributed by atoms with van der Waals surface area (Å²) in [6.45, 7) is 1.84. The highest BCUT2D eigenvalue weighted by molar-refractivity contribution is 7.89. The van der Waals surface area contributed by atoms with Gasteiger partial charge in [0.05, 0.1) is 14.9 Å². The van der Waals surface area contributed by atoms with Gasteiger partial charge < -0.3 is 9.64 Å². The van der Waals surface area contributed by atoms with Crippen LogP contribution in [0.3, 0.4) is 0 Å². The summed E-state index contributed by atoms with van der Waals surface area (Å²) in [4.78, 5) is 14.1. The van der Waals surface area contributed by atoms with E-state index in [1.807, 2.05) is 0 Å². The Morgan fingerprint density at radius 2 is 1.83 bits per heavy atom. The molecule has 0 bridgehead atoms. The van der Waals surface area contributed by atoms with Gasteiger partial charge in [0, 0.05) is 32.8 Å². The first-order chi connectivity index (χ1) is 11.4. The van der Waals surface area contributed by atoms with Crippen LogP contribution in [0.4, 0.5) is 0 Å². The highest BCUT2D eigenvalue weighted by atomic mass is 35.5. The lowest BCUT2D eigenvalue weighted by molar-refractivity contribution is -0.142. The van der Waals surface area contributed by atoms with Gasteiger partial charge >= 0.3 is 0 Å². The van der Waals surface area contributed by atoms with Gasteiger partial charge in [0.15, 0.2) is 0 Å².